The number of fused-ring (bicyclic) bond motifs is 1. The molecule has 4 rings (SSSR count). The van der Waals surface area contributed by atoms with Crippen LogP contribution >= 0.6 is 11.6 Å². The Hall–Kier alpha value is -3.27. The predicted molar refractivity (Wildman–Crippen MR) is 98.2 cm³/mol. The molecule has 0 spiro atoms. The molecule has 0 unspecified atom stereocenters. The van der Waals surface area contributed by atoms with Crippen LogP contribution in [0, 0.1) is 29.9 Å². The molecule has 1 aromatic carbocycles. The summed E-state index contributed by atoms with van der Waals surface area (Å²) in [7, 11) is 1.76. The van der Waals surface area contributed by atoms with E-state index in [1.54, 1.807) is 18.7 Å². The highest BCUT2D eigenvalue weighted by molar-refractivity contribution is 6.34. The van der Waals surface area contributed by atoms with Crippen LogP contribution in [0.15, 0.2) is 23.4 Å². The van der Waals surface area contributed by atoms with Gasteiger partial charge in [-0.1, -0.05) is 16.8 Å². The van der Waals surface area contributed by atoms with E-state index in [0.717, 1.165) is 16.7 Å². The van der Waals surface area contributed by atoms with Crippen LogP contribution in [0.5, 0.6) is 0 Å². The molecule has 1 saturated heterocycles. The maximum absolute atomic E-state index is 13.1. The predicted octanol–water partition coefficient (Wildman–Crippen LogP) is 1.89. The smallest absolute Gasteiger partial charge is 0.289 e. The summed E-state index contributed by atoms with van der Waals surface area (Å²) in [5, 5.41) is 19.3. The Kier molecular flexibility index (Phi) is 3.96. The van der Waals surface area contributed by atoms with Crippen LogP contribution in [-0.4, -0.2) is 38.3 Å². The van der Waals surface area contributed by atoms with Crippen LogP contribution in [-0.2, 0) is 21.5 Å². The first-order valence-electron chi connectivity index (χ1n) is 8.28. The molecule has 2 aromatic rings. The number of nitro benzene ring substituents is 1. The molecule has 0 saturated carbocycles. The van der Waals surface area contributed by atoms with E-state index in [1.165, 1.54) is 12.1 Å². The minimum atomic E-state index is -1.11. The summed E-state index contributed by atoms with van der Waals surface area (Å²) in [5.41, 5.74) is 2.08. The molecule has 11 heteroatoms. The Bertz CT molecular complexity index is 1090. The first kappa shape index (κ1) is 18.1. The van der Waals surface area contributed by atoms with Crippen molar-refractivity contribution < 1.29 is 19.3 Å². The fourth-order valence-corrected chi connectivity index (χ4v) is 3.75. The number of hydrogen-bond donors (Lipinski definition) is 0. The van der Waals surface area contributed by atoms with E-state index >= 15 is 0 Å². The van der Waals surface area contributed by atoms with Gasteiger partial charge in [-0.05, 0) is 26.0 Å². The van der Waals surface area contributed by atoms with Gasteiger partial charge in [0.25, 0.3) is 11.6 Å². The zero-order valence-corrected chi connectivity index (χ0v) is 15.8. The van der Waals surface area contributed by atoms with E-state index in [-0.39, 0.29) is 10.7 Å². The second-order valence-electron chi connectivity index (χ2n) is 6.55. The molecule has 10 nitrogen and oxygen atoms in total. The maximum Gasteiger partial charge on any atom is 0.289 e. The van der Waals surface area contributed by atoms with Crippen LogP contribution in [0.4, 0.5) is 11.4 Å². The highest BCUT2D eigenvalue weighted by Gasteiger charge is 2.57. The number of oxime groups is 1. The van der Waals surface area contributed by atoms with Gasteiger partial charge in [-0.25, -0.2) is 4.90 Å². The van der Waals surface area contributed by atoms with Crippen molar-refractivity contribution in [3.05, 3.63) is 50.3 Å². The summed E-state index contributed by atoms with van der Waals surface area (Å²) in [6, 6.07) is 3.75. The third-order valence-electron chi connectivity index (χ3n) is 4.96. The van der Waals surface area contributed by atoms with Crippen molar-refractivity contribution in [3.8, 4) is 0 Å². The number of amides is 2. The van der Waals surface area contributed by atoms with E-state index in [4.69, 9.17) is 16.4 Å². The topological polar surface area (TPSA) is 120 Å². The fraction of sp³-hybridized carbons (Fsp3) is 0.294. The Morgan fingerprint density at radius 2 is 1.96 bits per heavy atom. The van der Waals surface area contributed by atoms with E-state index in [0.29, 0.717) is 17.0 Å². The summed E-state index contributed by atoms with van der Waals surface area (Å²) >= 11 is 5.82. The summed E-state index contributed by atoms with van der Waals surface area (Å²) in [5.74, 6) is -2.14. The summed E-state index contributed by atoms with van der Waals surface area (Å²) in [6.07, 6.45) is -1.11. The number of nitrogens with zero attached hydrogens (tertiary/aromatic N) is 5. The molecule has 2 atom stereocenters. The van der Waals surface area contributed by atoms with Crippen molar-refractivity contribution in [1.82, 2.24) is 9.78 Å². The standard InChI is InChI=1S/C17H14ClN5O5/c1-7-12(8(2)21(3)19-7)14-13-15(28-20-14)17(25)22(16(13)24)9-4-5-10(18)11(6-9)23(26)27/h4-6,13,15H,1-3H3/t13-,15-/m0/s1. The van der Waals surface area contributed by atoms with Crippen LogP contribution in [0.25, 0.3) is 0 Å². The van der Waals surface area contributed by atoms with Crippen molar-refractivity contribution in [2.45, 2.75) is 20.0 Å². The molecule has 1 fully saturated rings. The third-order valence-corrected chi connectivity index (χ3v) is 5.28. The van der Waals surface area contributed by atoms with Crippen molar-refractivity contribution in [2.24, 2.45) is 18.1 Å². The van der Waals surface area contributed by atoms with Gasteiger partial charge in [0, 0.05) is 24.4 Å². The molecule has 0 radical (unpaired) electrons. The van der Waals surface area contributed by atoms with Crippen LogP contribution < -0.4 is 4.90 Å². The monoisotopic (exact) mass is 403 g/mol. The highest BCUT2D eigenvalue weighted by Crippen LogP contribution is 2.38. The number of aromatic nitrogens is 2. The first-order valence-corrected chi connectivity index (χ1v) is 8.66. The lowest BCUT2D eigenvalue weighted by atomic mass is 9.93. The number of carbonyl (C=O) groups is 2. The minimum Gasteiger partial charge on any atom is -0.381 e. The molecule has 2 amide bonds. The average molecular weight is 404 g/mol. The number of aryl methyl sites for hydroxylation is 2. The molecule has 2 aliphatic heterocycles. The Labute approximate surface area is 163 Å². The molecule has 2 aliphatic rings. The Morgan fingerprint density at radius 3 is 2.57 bits per heavy atom. The third kappa shape index (κ3) is 2.41. The first-order chi connectivity index (χ1) is 13.2. The number of nitro groups is 1. The van der Waals surface area contributed by atoms with Crippen molar-refractivity contribution >= 4 is 40.5 Å². The van der Waals surface area contributed by atoms with Gasteiger partial charge in [0.2, 0.25) is 12.0 Å². The van der Waals surface area contributed by atoms with Gasteiger partial charge >= 0.3 is 0 Å². The fourth-order valence-electron chi connectivity index (χ4n) is 3.56. The maximum atomic E-state index is 13.1. The lowest BCUT2D eigenvalue weighted by Crippen LogP contribution is -2.33. The number of imide groups is 1. The molecule has 3 heterocycles. The van der Waals surface area contributed by atoms with E-state index in [9.17, 15) is 19.7 Å². The largest absolute Gasteiger partial charge is 0.381 e. The number of benzene rings is 1. The number of anilines is 1. The Balaban J connectivity index is 1.76. The quantitative estimate of drug-likeness (QED) is 0.438. The van der Waals surface area contributed by atoms with Crippen LogP contribution in [0.1, 0.15) is 17.0 Å². The second kappa shape index (κ2) is 6.13. The van der Waals surface area contributed by atoms with Gasteiger partial charge in [0.1, 0.15) is 16.7 Å². The SMILES string of the molecule is Cc1nn(C)c(C)c1C1=NO[C@@H]2C(=O)N(c3ccc(Cl)c([N+](=O)[O-])c3)C(=O)[C@@H]12. The summed E-state index contributed by atoms with van der Waals surface area (Å²) in [6.45, 7) is 3.60. The molecular weight excluding hydrogens is 390 g/mol. The van der Waals surface area contributed by atoms with Gasteiger partial charge < -0.3 is 4.84 Å². The highest BCUT2D eigenvalue weighted by atomic mass is 35.5. The molecular formula is C17H14ClN5O5. The summed E-state index contributed by atoms with van der Waals surface area (Å²) in [4.78, 5) is 42.5. The average Bonchev–Trinajstić information content (AvgIpc) is 3.24. The summed E-state index contributed by atoms with van der Waals surface area (Å²) < 4.78 is 1.65. The molecule has 144 valence electrons. The van der Waals surface area contributed by atoms with Crippen LogP contribution in [0.2, 0.25) is 5.02 Å². The van der Waals surface area contributed by atoms with Gasteiger partial charge in [-0.3, -0.25) is 24.4 Å². The normalized spacial score (nSPS) is 21.0. The van der Waals surface area contributed by atoms with E-state index in [2.05, 4.69) is 10.3 Å². The van der Waals surface area contributed by atoms with Gasteiger partial charge in [-0.2, -0.15) is 5.10 Å². The molecule has 0 N–H and O–H groups in total. The molecule has 0 aliphatic carbocycles. The lowest BCUT2D eigenvalue weighted by Gasteiger charge is -2.15. The lowest BCUT2D eigenvalue weighted by molar-refractivity contribution is -0.384. The molecule has 1 aromatic heterocycles. The number of carbonyl (C=O) groups excluding carboxylic acids is 2. The molecule has 28 heavy (non-hydrogen) atoms. The van der Waals surface area contributed by atoms with Crippen molar-refractivity contribution in [2.75, 3.05) is 4.90 Å². The Morgan fingerprint density at radius 1 is 1.25 bits per heavy atom. The molecule has 0 bridgehead atoms. The van der Waals surface area contributed by atoms with Gasteiger partial charge in [-0.15, -0.1) is 0 Å². The second-order valence-corrected chi connectivity index (χ2v) is 6.96. The van der Waals surface area contributed by atoms with Gasteiger partial charge in [0.15, 0.2) is 0 Å². The zero-order valence-electron chi connectivity index (χ0n) is 15.0. The zero-order chi connectivity index (χ0) is 20.3. The van der Waals surface area contributed by atoms with Crippen molar-refractivity contribution in [1.29, 1.82) is 0 Å². The van der Waals surface area contributed by atoms with E-state index in [1.807, 2.05) is 6.92 Å². The van der Waals surface area contributed by atoms with Crippen LogP contribution in [0.3, 0.4) is 0 Å². The number of hydrogen-bond acceptors (Lipinski definition) is 7. The van der Waals surface area contributed by atoms with Crippen molar-refractivity contribution in [3.63, 3.8) is 0 Å². The number of halogens is 1. The van der Waals surface area contributed by atoms with Gasteiger partial charge in [0.05, 0.1) is 16.3 Å². The number of rotatable bonds is 3. The van der Waals surface area contributed by atoms with E-state index < -0.39 is 34.4 Å². The minimum absolute atomic E-state index is 0.0584.